The van der Waals surface area contributed by atoms with Crippen LogP contribution in [0.3, 0.4) is 0 Å². The molecule has 0 atom stereocenters. The Balaban J connectivity index is 2.44. The van der Waals surface area contributed by atoms with Crippen LogP contribution in [0.25, 0.3) is 5.52 Å². The molecule has 0 saturated heterocycles. The van der Waals surface area contributed by atoms with E-state index in [1.165, 1.54) is 6.33 Å². The van der Waals surface area contributed by atoms with Crippen LogP contribution in [0.15, 0.2) is 24.8 Å². The van der Waals surface area contributed by atoms with E-state index in [4.69, 9.17) is 5.11 Å². The molecule has 0 saturated carbocycles. The average Bonchev–Trinajstić information content (AvgIpc) is 2.44. The molecule has 66 valence electrons. The number of hydrogen-bond acceptors (Lipinski definition) is 3. The number of fused-ring (bicyclic) bond motifs is 1. The van der Waals surface area contributed by atoms with E-state index in [9.17, 15) is 4.79 Å². The smallest absolute Gasteiger partial charge is 0.307 e. The molecular formula is C8H7N3O2. The van der Waals surface area contributed by atoms with Crippen LogP contribution in [-0.2, 0) is 11.2 Å². The summed E-state index contributed by atoms with van der Waals surface area (Å²) in [5, 5.41) is 12.5. The third-order valence-electron chi connectivity index (χ3n) is 1.69. The highest BCUT2D eigenvalue weighted by Gasteiger charge is 2.03. The zero-order valence-corrected chi connectivity index (χ0v) is 6.71. The molecule has 0 fully saturated rings. The van der Waals surface area contributed by atoms with Crippen molar-refractivity contribution in [3.05, 3.63) is 30.4 Å². The van der Waals surface area contributed by atoms with Gasteiger partial charge < -0.3 is 5.11 Å². The van der Waals surface area contributed by atoms with Gasteiger partial charge in [-0.2, -0.15) is 5.10 Å². The van der Waals surface area contributed by atoms with Crippen molar-refractivity contribution in [3.63, 3.8) is 0 Å². The fourth-order valence-electron chi connectivity index (χ4n) is 1.19. The van der Waals surface area contributed by atoms with E-state index >= 15 is 0 Å². The molecule has 0 aliphatic carbocycles. The number of aromatic nitrogens is 3. The Bertz CT molecular complexity index is 416. The summed E-state index contributed by atoms with van der Waals surface area (Å²) in [5.41, 5.74) is 1.53. The van der Waals surface area contributed by atoms with Crippen molar-refractivity contribution < 1.29 is 9.90 Å². The van der Waals surface area contributed by atoms with E-state index in [0.717, 1.165) is 11.1 Å². The second kappa shape index (κ2) is 2.85. The monoisotopic (exact) mass is 177 g/mol. The molecule has 2 aromatic heterocycles. The predicted molar refractivity (Wildman–Crippen MR) is 44.3 cm³/mol. The van der Waals surface area contributed by atoms with Gasteiger partial charge in [0.1, 0.15) is 6.33 Å². The van der Waals surface area contributed by atoms with E-state index < -0.39 is 5.97 Å². The highest BCUT2D eigenvalue weighted by Crippen LogP contribution is 2.07. The van der Waals surface area contributed by atoms with Gasteiger partial charge in [0.15, 0.2) is 0 Å². The number of carboxylic acid groups (broad SMARTS) is 1. The minimum Gasteiger partial charge on any atom is -0.481 e. The Morgan fingerprint density at radius 3 is 3.15 bits per heavy atom. The summed E-state index contributed by atoms with van der Waals surface area (Å²) in [6.45, 7) is 0. The standard InChI is InChI=1S/C8H7N3O2/c12-8(13)2-6-1-7-3-9-5-10-11(7)4-6/h1,3-5H,2H2,(H,12,13). The zero-order chi connectivity index (χ0) is 9.26. The van der Waals surface area contributed by atoms with Crippen molar-refractivity contribution in [3.8, 4) is 0 Å². The van der Waals surface area contributed by atoms with Crippen molar-refractivity contribution in [2.75, 3.05) is 0 Å². The number of carbonyl (C=O) groups is 1. The second-order valence-corrected chi connectivity index (χ2v) is 2.70. The molecule has 1 N–H and O–H groups in total. The van der Waals surface area contributed by atoms with E-state index in [2.05, 4.69) is 10.1 Å². The molecule has 0 unspecified atom stereocenters. The van der Waals surface area contributed by atoms with E-state index in [1.807, 2.05) is 0 Å². The third-order valence-corrected chi connectivity index (χ3v) is 1.69. The van der Waals surface area contributed by atoms with E-state index in [0.29, 0.717) is 0 Å². The lowest BCUT2D eigenvalue weighted by molar-refractivity contribution is -0.136. The van der Waals surface area contributed by atoms with Gasteiger partial charge in [-0.1, -0.05) is 0 Å². The van der Waals surface area contributed by atoms with Gasteiger partial charge in [-0.3, -0.25) is 4.79 Å². The molecule has 5 nitrogen and oxygen atoms in total. The summed E-state index contributed by atoms with van der Waals surface area (Å²) < 4.78 is 1.60. The van der Waals surface area contributed by atoms with Gasteiger partial charge in [-0.05, 0) is 11.6 Å². The fraction of sp³-hybridized carbons (Fsp3) is 0.125. The number of carboxylic acids is 1. The van der Waals surface area contributed by atoms with Crippen LogP contribution >= 0.6 is 0 Å². The van der Waals surface area contributed by atoms with Crippen molar-refractivity contribution in [2.24, 2.45) is 0 Å². The maximum atomic E-state index is 10.4. The van der Waals surface area contributed by atoms with Crippen LogP contribution in [0.5, 0.6) is 0 Å². The summed E-state index contributed by atoms with van der Waals surface area (Å²) in [6.07, 6.45) is 4.75. The molecule has 0 spiro atoms. The highest BCUT2D eigenvalue weighted by molar-refractivity contribution is 5.71. The van der Waals surface area contributed by atoms with Gasteiger partial charge in [0.25, 0.3) is 0 Å². The Kier molecular flexibility index (Phi) is 1.70. The van der Waals surface area contributed by atoms with Gasteiger partial charge in [0, 0.05) is 6.20 Å². The molecule has 5 heteroatoms. The summed E-state index contributed by atoms with van der Waals surface area (Å²) in [6, 6.07) is 1.76. The van der Waals surface area contributed by atoms with Crippen LogP contribution < -0.4 is 0 Å². The van der Waals surface area contributed by atoms with Gasteiger partial charge >= 0.3 is 5.97 Å². The van der Waals surface area contributed by atoms with Crippen molar-refractivity contribution in [2.45, 2.75) is 6.42 Å². The number of hydrogen-bond donors (Lipinski definition) is 1. The van der Waals surface area contributed by atoms with E-state index in [-0.39, 0.29) is 6.42 Å². The van der Waals surface area contributed by atoms with Crippen LogP contribution in [0.2, 0.25) is 0 Å². The molecular weight excluding hydrogens is 170 g/mol. The summed E-state index contributed by atoms with van der Waals surface area (Å²) in [5.74, 6) is -0.844. The van der Waals surface area contributed by atoms with Crippen molar-refractivity contribution in [1.82, 2.24) is 14.6 Å². The topological polar surface area (TPSA) is 67.5 Å². The quantitative estimate of drug-likeness (QED) is 0.719. The largest absolute Gasteiger partial charge is 0.481 e. The number of nitrogens with zero attached hydrogens (tertiary/aromatic N) is 3. The van der Waals surface area contributed by atoms with E-state index in [1.54, 1.807) is 23.0 Å². The first-order valence-electron chi connectivity index (χ1n) is 3.75. The predicted octanol–water partition coefficient (Wildman–Crippen LogP) is 0.356. The number of rotatable bonds is 2. The highest BCUT2D eigenvalue weighted by atomic mass is 16.4. The third kappa shape index (κ3) is 1.48. The van der Waals surface area contributed by atoms with Gasteiger partial charge in [0.05, 0.1) is 18.1 Å². The summed E-state index contributed by atoms with van der Waals surface area (Å²) >= 11 is 0. The fourth-order valence-corrected chi connectivity index (χ4v) is 1.19. The second-order valence-electron chi connectivity index (χ2n) is 2.70. The van der Waals surface area contributed by atoms with Crippen molar-refractivity contribution >= 4 is 11.5 Å². The lowest BCUT2D eigenvalue weighted by Crippen LogP contribution is -1.98. The maximum Gasteiger partial charge on any atom is 0.307 e. The zero-order valence-electron chi connectivity index (χ0n) is 6.71. The van der Waals surface area contributed by atoms with Gasteiger partial charge in [0.2, 0.25) is 0 Å². The Hall–Kier alpha value is -1.91. The average molecular weight is 177 g/mol. The number of aliphatic carboxylic acids is 1. The van der Waals surface area contributed by atoms with Crippen molar-refractivity contribution in [1.29, 1.82) is 0 Å². The lowest BCUT2D eigenvalue weighted by Gasteiger charge is -1.87. The molecule has 2 heterocycles. The molecule has 0 radical (unpaired) electrons. The Morgan fingerprint density at radius 1 is 1.62 bits per heavy atom. The molecule has 0 aliphatic heterocycles. The van der Waals surface area contributed by atoms with Gasteiger partial charge in [-0.25, -0.2) is 9.50 Å². The maximum absolute atomic E-state index is 10.4. The first-order chi connectivity index (χ1) is 6.25. The minimum absolute atomic E-state index is 0.0172. The van der Waals surface area contributed by atoms with Crippen LogP contribution in [0.1, 0.15) is 5.56 Å². The van der Waals surface area contributed by atoms with Crippen LogP contribution in [-0.4, -0.2) is 25.7 Å². The normalized spacial score (nSPS) is 10.5. The summed E-state index contributed by atoms with van der Waals surface area (Å²) in [4.78, 5) is 14.2. The summed E-state index contributed by atoms with van der Waals surface area (Å²) in [7, 11) is 0. The Morgan fingerprint density at radius 2 is 2.46 bits per heavy atom. The molecule has 0 aliphatic rings. The molecule has 0 bridgehead atoms. The minimum atomic E-state index is -0.844. The molecule has 2 rings (SSSR count). The van der Waals surface area contributed by atoms with Crippen LogP contribution in [0, 0.1) is 0 Å². The first-order valence-corrected chi connectivity index (χ1v) is 3.75. The first kappa shape index (κ1) is 7.72. The molecule has 13 heavy (non-hydrogen) atoms. The Labute approximate surface area is 73.6 Å². The van der Waals surface area contributed by atoms with Crippen LogP contribution in [0.4, 0.5) is 0 Å². The lowest BCUT2D eigenvalue weighted by atomic mass is 10.2. The SMILES string of the molecule is O=C(O)Cc1cc2cncnn2c1. The van der Waals surface area contributed by atoms with Gasteiger partial charge in [-0.15, -0.1) is 0 Å². The molecule has 0 amide bonds. The molecule has 2 aromatic rings. The molecule has 0 aromatic carbocycles.